The lowest BCUT2D eigenvalue weighted by Crippen LogP contribution is -2.63. The highest BCUT2D eigenvalue weighted by Crippen LogP contribution is 2.10. The van der Waals surface area contributed by atoms with Crippen molar-refractivity contribution in [2.24, 2.45) is 0 Å². The Morgan fingerprint density at radius 3 is 2.86 bits per heavy atom. The van der Waals surface area contributed by atoms with E-state index in [1.807, 2.05) is 0 Å². The monoisotopic (exact) mass is 217 g/mol. The van der Waals surface area contributed by atoms with Crippen LogP contribution in [0.3, 0.4) is 0 Å². The van der Waals surface area contributed by atoms with Gasteiger partial charge < -0.3 is 0 Å². The summed E-state index contributed by atoms with van der Waals surface area (Å²) in [7, 11) is 0. The fourth-order valence-corrected chi connectivity index (χ4v) is 1.64. The zero-order valence-electron chi connectivity index (χ0n) is 8.92. The molecule has 0 saturated carbocycles. The van der Waals surface area contributed by atoms with Crippen LogP contribution in [0.15, 0.2) is 11.1 Å². The fourth-order valence-electron chi connectivity index (χ4n) is 1.19. The molecule has 14 heavy (non-hydrogen) atoms. The highest BCUT2D eigenvalue weighted by atomic mass is 32.2. The normalized spacial score (nSPS) is 23.1. The molecule has 0 fully saturated rings. The Labute approximate surface area is 89.6 Å². The van der Waals surface area contributed by atoms with Crippen molar-refractivity contribution in [2.45, 2.75) is 20.0 Å². The first-order valence-electron chi connectivity index (χ1n) is 4.85. The van der Waals surface area contributed by atoms with E-state index in [1.165, 1.54) is 0 Å². The van der Waals surface area contributed by atoms with Gasteiger partial charge in [0.05, 0.1) is 11.2 Å². The van der Waals surface area contributed by atoms with Crippen molar-refractivity contribution in [1.82, 2.24) is 26.8 Å². The maximum Gasteiger partial charge on any atom is 0.0955 e. The Kier molecular flexibility index (Phi) is 5.28. The Bertz CT molecular complexity index is 196. The summed E-state index contributed by atoms with van der Waals surface area (Å²) >= 11 is 1.69. The third-order valence-corrected chi connectivity index (χ3v) is 2.44. The Hall–Kier alpha value is -0.270. The molecule has 1 unspecified atom stereocenters. The van der Waals surface area contributed by atoms with E-state index in [-0.39, 0.29) is 6.17 Å². The van der Waals surface area contributed by atoms with Crippen LogP contribution in [-0.4, -0.2) is 30.7 Å². The fraction of sp³-hybridized carbons (Fsp3) is 0.750. The van der Waals surface area contributed by atoms with Crippen LogP contribution in [0.5, 0.6) is 0 Å². The molecular weight excluding hydrogens is 198 g/mol. The van der Waals surface area contributed by atoms with Gasteiger partial charge in [-0.05, 0) is 18.9 Å². The van der Waals surface area contributed by atoms with Crippen molar-refractivity contribution in [1.29, 1.82) is 0 Å². The van der Waals surface area contributed by atoms with Crippen molar-refractivity contribution in [2.75, 3.05) is 19.3 Å². The molecule has 1 atom stereocenters. The van der Waals surface area contributed by atoms with E-state index < -0.39 is 0 Å². The van der Waals surface area contributed by atoms with Crippen LogP contribution in [0.25, 0.3) is 0 Å². The average molecular weight is 217 g/mol. The van der Waals surface area contributed by atoms with Crippen LogP contribution in [0.1, 0.15) is 13.8 Å². The minimum atomic E-state index is 0.183. The van der Waals surface area contributed by atoms with Crippen LogP contribution >= 0.6 is 11.8 Å². The van der Waals surface area contributed by atoms with E-state index in [1.54, 1.807) is 17.0 Å². The van der Waals surface area contributed by atoms with Crippen LogP contribution in [0.4, 0.5) is 0 Å². The molecule has 4 N–H and O–H groups in total. The van der Waals surface area contributed by atoms with Gasteiger partial charge in [0.2, 0.25) is 0 Å². The molecule has 0 aliphatic carbocycles. The molecule has 1 aliphatic rings. The number of likely N-dealkylation sites (N-methyl/N-ethyl adjacent to an activating group) is 1. The number of nitrogens with one attached hydrogen (secondary N) is 4. The van der Waals surface area contributed by atoms with Gasteiger partial charge in [-0.3, -0.25) is 10.7 Å². The van der Waals surface area contributed by atoms with Crippen LogP contribution in [0.2, 0.25) is 0 Å². The topological polar surface area (TPSA) is 51.4 Å². The maximum atomic E-state index is 3.31. The van der Waals surface area contributed by atoms with Gasteiger partial charge in [0.15, 0.2) is 0 Å². The van der Waals surface area contributed by atoms with Gasteiger partial charge in [-0.25, -0.2) is 10.9 Å². The van der Waals surface area contributed by atoms with Gasteiger partial charge in [0.25, 0.3) is 0 Å². The molecule has 1 rings (SSSR count). The highest BCUT2D eigenvalue weighted by molar-refractivity contribution is 8.02. The van der Waals surface area contributed by atoms with Crippen molar-refractivity contribution >= 4 is 11.8 Å². The summed E-state index contributed by atoms with van der Waals surface area (Å²) in [6, 6.07) is 0. The predicted octanol–water partition coefficient (Wildman–Crippen LogP) is -0.0243. The van der Waals surface area contributed by atoms with Gasteiger partial charge in [0.1, 0.15) is 0 Å². The van der Waals surface area contributed by atoms with E-state index in [2.05, 4.69) is 47.8 Å². The van der Waals surface area contributed by atoms with Gasteiger partial charge in [-0.1, -0.05) is 19.1 Å². The second-order valence-electron chi connectivity index (χ2n) is 2.86. The summed E-state index contributed by atoms with van der Waals surface area (Å²) in [6.45, 7) is 5.97. The third-order valence-electron chi connectivity index (χ3n) is 1.77. The zero-order valence-corrected chi connectivity index (χ0v) is 9.74. The number of thioether (sulfide) groups is 1. The molecule has 0 bridgehead atoms. The Balaban J connectivity index is 2.51. The van der Waals surface area contributed by atoms with E-state index in [0.717, 1.165) is 18.1 Å². The third kappa shape index (κ3) is 3.47. The molecule has 0 radical (unpaired) electrons. The zero-order chi connectivity index (χ0) is 10.4. The van der Waals surface area contributed by atoms with Gasteiger partial charge in [-0.2, -0.15) is 0 Å². The van der Waals surface area contributed by atoms with Crippen LogP contribution in [-0.2, 0) is 0 Å². The molecule has 1 heterocycles. The lowest BCUT2D eigenvalue weighted by Gasteiger charge is -2.33. The summed E-state index contributed by atoms with van der Waals surface area (Å²) in [6.07, 6.45) is 4.36. The van der Waals surface area contributed by atoms with Crippen molar-refractivity contribution < 1.29 is 0 Å². The van der Waals surface area contributed by atoms with E-state index >= 15 is 0 Å². The quantitative estimate of drug-likeness (QED) is 0.519. The van der Waals surface area contributed by atoms with Crippen LogP contribution in [0, 0.1) is 0 Å². The largest absolute Gasteiger partial charge is 0.298 e. The number of nitrogens with zero attached hydrogens (tertiary/aromatic N) is 1. The van der Waals surface area contributed by atoms with E-state index in [4.69, 9.17) is 0 Å². The maximum absolute atomic E-state index is 3.31. The summed E-state index contributed by atoms with van der Waals surface area (Å²) in [5.41, 5.74) is 9.57. The molecule has 0 spiro atoms. The highest BCUT2D eigenvalue weighted by Gasteiger charge is 2.16. The molecule has 0 aromatic rings. The van der Waals surface area contributed by atoms with Crippen molar-refractivity contribution in [3.8, 4) is 0 Å². The lowest BCUT2D eigenvalue weighted by molar-refractivity contribution is 0.0417. The summed E-state index contributed by atoms with van der Waals surface area (Å²) in [5.74, 6) is 0. The molecule has 0 amide bonds. The molecule has 82 valence electrons. The summed E-state index contributed by atoms with van der Waals surface area (Å²) in [4.78, 5) is 0. The predicted molar refractivity (Wildman–Crippen MR) is 60.8 cm³/mol. The summed E-state index contributed by atoms with van der Waals surface area (Å²) < 4.78 is 0. The number of hydrogen-bond acceptors (Lipinski definition) is 6. The standard InChI is InChI=1S/C8H19N5S/c1-4-9-7-6-8(14-3)12-13(11-7)10-5-2/h6-7,9-12H,4-5H2,1-3H3. The molecule has 0 aromatic carbocycles. The Morgan fingerprint density at radius 1 is 1.50 bits per heavy atom. The second-order valence-corrected chi connectivity index (χ2v) is 3.71. The smallest absolute Gasteiger partial charge is 0.0955 e. The lowest BCUT2D eigenvalue weighted by atomic mass is 10.4. The SMILES string of the molecule is CCNC1C=C(SC)NN(NCC)N1. The van der Waals surface area contributed by atoms with E-state index in [9.17, 15) is 0 Å². The minimum Gasteiger partial charge on any atom is -0.298 e. The molecule has 0 saturated heterocycles. The molecule has 1 aliphatic heterocycles. The average Bonchev–Trinajstić information content (AvgIpc) is 2.18. The first-order valence-corrected chi connectivity index (χ1v) is 6.08. The molecular formula is C8H19N5S. The van der Waals surface area contributed by atoms with Crippen LogP contribution < -0.4 is 21.6 Å². The van der Waals surface area contributed by atoms with Crippen molar-refractivity contribution in [3.63, 3.8) is 0 Å². The second kappa shape index (κ2) is 6.26. The van der Waals surface area contributed by atoms with Crippen molar-refractivity contribution in [3.05, 3.63) is 11.1 Å². The number of hydrogen-bond donors (Lipinski definition) is 4. The van der Waals surface area contributed by atoms with E-state index in [0.29, 0.717) is 0 Å². The first-order chi connectivity index (χ1) is 6.80. The van der Waals surface area contributed by atoms with Gasteiger partial charge in [-0.15, -0.1) is 11.8 Å². The molecule has 0 aromatic heterocycles. The Morgan fingerprint density at radius 2 is 2.29 bits per heavy atom. The number of hydrazine groups is 3. The number of rotatable bonds is 5. The van der Waals surface area contributed by atoms with Gasteiger partial charge >= 0.3 is 0 Å². The molecule has 5 nitrogen and oxygen atoms in total. The minimum absolute atomic E-state index is 0.183. The van der Waals surface area contributed by atoms with Gasteiger partial charge in [0, 0.05) is 6.54 Å². The molecule has 6 heteroatoms. The summed E-state index contributed by atoms with van der Waals surface area (Å²) in [5, 5.41) is 6.24. The first kappa shape index (κ1) is 11.8.